The van der Waals surface area contributed by atoms with E-state index in [2.05, 4.69) is 47.2 Å². The van der Waals surface area contributed by atoms with Crippen LogP contribution in [0.5, 0.6) is 0 Å². The predicted molar refractivity (Wildman–Crippen MR) is 85.2 cm³/mol. The number of ketones is 1. The van der Waals surface area contributed by atoms with Gasteiger partial charge in [-0.1, -0.05) is 30.3 Å². The number of likely N-dealkylation sites (N-methyl/N-ethyl adjacent to an activating group) is 1. The summed E-state index contributed by atoms with van der Waals surface area (Å²) in [6.07, 6.45) is 4.08. The second-order valence-electron chi connectivity index (χ2n) is 6.57. The van der Waals surface area contributed by atoms with Gasteiger partial charge in [0.2, 0.25) is 0 Å². The fourth-order valence-corrected chi connectivity index (χ4v) is 3.73. The van der Waals surface area contributed by atoms with Gasteiger partial charge < -0.3 is 4.90 Å². The summed E-state index contributed by atoms with van der Waals surface area (Å²) in [6.45, 7) is 4.38. The van der Waals surface area contributed by atoms with Crippen LogP contribution in [0.15, 0.2) is 30.3 Å². The van der Waals surface area contributed by atoms with Crippen molar-refractivity contribution in [3.8, 4) is 0 Å². The quantitative estimate of drug-likeness (QED) is 0.850. The minimum absolute atomic E-state index is 0.334. The molecule has 1 aromatic carbocycles. The number of nitrogens with zero attached hydrogens (tertiary/aromatic N) is 2. The SMILES string of the molecule is CN1CCN(CCC2CCCC2=O)C(c2ccccc2)C1. The van der Waals surface area contributed by atoms with Gasteiger partial charge in [0.25, 0.3) is 0 Å². The molecule has 0 spiro atoms. The second kappa shape index (κ2) is 6.71. The lowest BCUT2D eigenvalue weighted by molar-refractivity contribution is -0.121. The zero-order valence-corrected chi connectivity index (χ0v) is 13.0. The van der Waals surface area contributed by atoms with Crippen molar-refractivity contribution >= 4 is 5.78 Å². The zero-order chi connectivity index (χ0) is 14.7. The normalized spacial score (nSPS) is 28.1. The van der Waals surface area contributed by atoms with E-state index in [1.54, 1.807) is 0 Å². The van der Waals surface area contributed by atoms with Gasteiger partial charge in [0, 0.05) is 38.0 Å². The largest absolute Gasteiger partial charge is 0.303 e. The number of Topliss-reactive ketones (excluding diaryl/α,β-unsaturated/α-hetero) is 1. The Morgan fingerprint density at radius 3 is 2.71 bits per heavy atom. The molecular weight excluding hydrogens is 260 g/mol. The van der Waals surface area contributed by atoms with Gasteiger partial charge >= 0.3 is 0 Å². The number of carbonyl (C=O) groups is 1. The van der Waals surface area contributed by atoms with Crippen LogP contribution in [-0.2, 0) is 4.79 Å². The van der Waals surface area contributed by atoms with E-state index in [0.717, 1.165) is 51.9 Å². The fraction of sp³-hybridized carbons (Fsp3) is 0.611. The summed E-state index contributed by atoms with van der Waals surface area (Å²) in [5, 5.41) is 0. The molecule has 0 bridgehead atoms. The van der Waals surface area contributed by atoms with Crippen molar-refractivity contribution < 1.29 is 4.79 Å². The molecule has 3 rings (SSSR count). The number of benzene rings is 1. The summed E-state index contributed by atoms with van der Waals surface area (Å²) in [5.74, 6) is 0.835. The highest BCUT2D eigenvalue weighted by Gasteiger charge is 2.29. The molecule has 1 heterocycles. The van der Waals surface area contributed by atoms with E-state index < -0.39 is 0 Å². The van der Waals surface area contributed by atoms with E-state index in [4.69, 9.17) is 0 Å². The van der Waals surface area contributed by atoms with Gasteiger partial charge in [-0.05, 0) is 38.4 Å². The standard InChI is InChI=1S/C18H26N2O/c1-19-12-13-20(11-10-16-8-5-9-18(16)21)17(14-19)15-6-3-2-4-7-15/h2-4,6-7,16-17H,5,8-14H2,1H3. The van der Waals surface area contributed by atoms with E-state index in [-0.39, 0.29) is 0 Å². The highest BCUT2D eigenvalue weighted by Crippen LogP contribution is 2.28. The van der Waals surface area contributed by atoms with Crippen molar-refractivity contribution in [3.05, 3.63) is 35.9 Å². The topological polar surface area (TPSA) is 23.6 Å². The maximum Gasteiger partial charge on any atom is 0.136 e. The number of piperazine rings is 1. The lowest BCUT2D eigenvalue weighted by Crippen LogP contribution is -2.47. The first-order valence-corrected chi connectivity index (χ1v) is 8.24. The van der Waals surface area contributed by atoms with Gasteiger partial charge in [0.1, 0.15) is 5.78 Å². The fourth-order valence-electron chi connectivity index (χ4n) is 3.73. The Kier molecular flexibility index (Phi) is 4.71. The highest BCUT2D eigenvalue weighted by molar-refractivity contribution is 5.82. The lowest BCUT2D eigenvalue weighted by Gasteiger charge is -2.40. The van der Waals surface area contributed by atoms with Crippen molar-refractivity contribution in [2.75, 3.05) is 33.2 Å². The van der Waals surface area contributed by atoms with E-state index in [0.29, 0.717) is 17.7 Å². The molecule has 0 radical (unpaired) electrons. The van der Waals surface area contributed by atoms with E-state index in [9.17, 15) is 4.79 Å². The maximum absolute atomic E-state index is 11.8. The molecule has 3 heteroatoms. The summed E-state index contributed by atoms with van der Waals surface area (Å²) in [5.41, 5.74) is 1.40. The van der Waals surface area contributed by atoms with Crippen LogP contribution in [0.2, 0.25) is 0 Å². The number of hydrogen-bond donors (Lipinski definition) is 0. The molecule has 114 valence electrons. The van der Waals surface area contributed by atoms with Gasteiger partial charge in [-0.15, -0.1) is 0 Å². The van der Waals surface area contributed by atoms with Gasteiger partial charge in [0.05, 0.1) is 0 Å². The van der Waals surface area contributed by atoms with Crippen molar-refractivity contribution in [1.29, 1.82) is 0 Å². The van der Waals surface area contributed by atoms with Crippen molar-refractivity contribution in [2.45, 2.75) is 31.7 Å². The minimum atomic E-state index is 0.334. The smallest absolute Gasteiger partial charge is 0.136 e. The maximum atomic E-state index is 11.8. The van der Waals surface area contributed by atoms with E-state index >= 15 is 0 Å². The third kappa shape index (κ3) is 3.53. The van der Waals surface area contributed by atoms with Crippen LogP contribution in [0.3, 0.4) is 0 Å². The molecule has 1 saturated carbocycles. The van der Waals surface area contributed by atoms with E-state index in [1.807, 2.05) is 0 Å². The highest BCUT2D eigenvalue weighted by atomic mass is 16.1. The van der Waals surface area contributed by atoms with Crippen molar-refractivity contribution in [3.63, 3.8) is 0 Å². The van der Waals surface area contributed by atoms with Crippen LogP contribution in [0.1, 0.15) is 37.3 Å². The van der Waals surface area contributed by atoms with E-state index in [1.165, 1.54) is 5.56 Å². The predicted octanol–water partition coefficient (Wildman–Crippen LogP) is 2.73. The summed E-state index contributed by atoms with van der Waals surface area (Å²) >= 11 is 0. The van der Waals surface area contributed by atoms with Crippen molar-refractivity contribution in [2.24, 2.45) is 5.92 Å². The molecule has 2 unspecified atom stereocenters. The molecular formula is C18H26N2O. The molecule has 1 saturated heterocycles. The first kappa shape index (κ1) is 14.7. The number of rotatable bonds is 4. The van der Waals surface area contributed by atoms with Crippen LogP contribution in [0.4, 0.5) is 0 Å². The first-order valence-electron chi connectivity index (χ1n) is 8.24. The third-order valence-corrected chi connectivity index (χ3v) is 5.07. The molecule has 1 aliphatic carbocycles. The molecule has 2 fully saturated rings. The average Bonchev–Trinajstić information content (AvgIpc) is 2.92. The summed E-state index contributed by atoms with van der Waals surface area (Å²) in [4.78, 5) is 16.8. The third-order valence-electron chi connectivity index (χ3n) is 5.07. The summed E-state index contributed by atoms with van der Waals surface area (Å²) in [7, 11) is 2.20. The first-order chi connectivity index (χ1) is 10.2. The Hall–Kier alpha value is -1.19. The molecule has 2 atom stereocenters. The molecule has 1 aliphatic heterocycles. The van der Waals surface area contributed by atoms with Gasteiger partial charge in [-0.25, -0.2) is 0 Å². The van der Waals surface area contributed by atoms with Crippen LogP contribution in [0, 0.1) is 5.92 Å². The van der Waals surface area contributed by atoms with Crippen LogP contribution in [-0.4, -0.2) is 48.8 Å². The Morgan fingerprint density at radius 1 is 1.19 bits per heavy atom. The van der Waals surface area contributed by atoms with Gasteiger partial charge in [0.15, 0.2) is 0 Å². The van der Waals surface area contributed by atoms with Crippen LogP contribution >= 0.6 is 0 Å². The van der Waals surface area contributed by atoms with Gasteiger partial charge in [-0.3, -0.25) is 9.69 Å². The summed E-state index contributed by atoms with van der Waals surface area (Å²) < 4.78 is 0. The second-order valence-corrected chi connectivity index (χ2v) is 6.57. The average molecular weight is 286 g/mol. The Bertz CT molecular complexity index is 473. The molecule has 3 nitrogen and oxygen atoms in total. The minimum Gasteiger partial charge on any atom is -0.303 e. The monoisotopic (exact) mass is 286 g/mol. The molecule has 1 aromatic rings. The molecule has 0 aromatic heterocycles. The zero-order valence-electron chi connectivity index (χ0n) is 13.0. The molecule has 0 N–H and O–H groups in total. The number of carbonyl (C=O) groups excluding carboxylic acids is 1. The number of hydrogen-bond acceptors (Lipinski definition) is 3. The molecule has 0 amide bonds. The van der Waals surface area contributed by atoms with Crippen LogP contribution < -0.4 is 0 Å². The lowest BCUT2D eigenvalue weighted by atomic mass is 9.99. The van der Waals surface area contributed by atoms with Crippen LogP contribution in [0.25, 0.3) is 0 Å². The Labute approximate surface area is 127 Å². The van der Waals surface area contributed by atoms with Crippen molar-refractivity contribution in [1.82, 2.24) is 9.80 Å². The Morgan fingerprint density at radius 2 is 2.00 bits per heavy atom. The van der Waals surface area contributed by atoms with Gasteiger partial charge in [-0.2, -0.15) is 0 Å². The molecule has 21 heavy (non-hydrogen) atoms. The summed E-state index contributed by atoms with van der Waals surface area (Å²) in [6, 6.07) is 11.3. The Balaban J connectivity index is 1.65. The molecule has 2 aliphatic rings.